The number of carbonyl (C=O) groups excluding carboxylic acids is 2. The van der Waals surface area contributed by atoms with Gasteiger partial charge in [0.1, 0.15) is 0 Å². The van der Waals surface area contributed by atoms with E-state index in [0.717, 1.165) is 44.9 Å². The van der Waals surface area contributed by atoms with Gasteiger partial charge in [0.05, 0.1) is 25.4 Å². The quantitative estimate of drug-likeness (QED) is 0.0321. The minimum Gasteiger partial charge on any atom is -0.466 e. The van der Waals surface area contributed by atoms with Crippen LogP contribution in [-0.4, -0.2) is 47.4 Å². The Balaban J connectivity index is 3.43. The number of esters is 1. The van der Waals surface area contributed by atoms with Gasteiger partial charge in [0.2, 0.25) is 5.91 Å². The van der Waals surface area contributed by atoms with Gasteiger partial charge in [-0.25, -0.2) is 0 Å². The lowest BCUT2D eigenvalue weighted by Crippen LogP contribution is -2.45. The van der Waals surface area contributed by atoms with Crippen molar-refractivity contribution in [2.45, 2.75) is 334 Å². The van der Waals surface area contributed by atoms with Gasteiger partial charge in [-0.1, -0.05) is 276 Å². The number of carbonyl (C=O) groups is 2. The number of hydrogen-bond acceptors (Lipinski definition) is 5. The molecule has 0 saturated carbocycles. The molecule has 0 aromatic carbocycles. The molecule has 0 aromatic heterocycles. The van der Waals surface area contributed by atoms with E-state index in [1.54, 1.807) is 0 Å². The lowest BCUT2D eigenvalue weighted by atomic mass is 10.0. The molecule has 0 bridgehead atoms. The Kier molecular flexibility index (Phi) is 53.0. The van der Waals surface area contributed by atoms with Crippen LogP contribution in [0.5, 0.6) is 0 Å². The normalized spacial score (nSPS) is 12.6. The molecule has 64 heavy (non-hydrogen) atoms. The van der Waals surface area contributed by atoms with E-state index in [9.17, 15) is 19.8 Å². The molecule has 6 heteroatoms. The van der Waals surface area contributed by atoms with Crippen LogP contribution >= 0.6 is 0 Å². The zero-order valence-electron chi connectivity index (χ0n) is 43.3. The largest absolute Gasteiger partial charge is 0.466 e. The first-order valence-electron chi connectivity index (χ1n) is 28.9. The van der Waals surface area contributed by atoms with Crippen LogP contribution in [-0.2, 0) is 14.3 Å². The number of unbranched alkanes of at least 4 members (excludes halogenated alkanes) is 41. The second-order valence-electron chi connectivity index (χ2n) is 20.0. The average molecular weight is 905 g/mol. The Hall–Kier alpha value is -1.40. The Morgan fingerprint density at radius 3 is 1.16 bits per heavy atom. The summed E-state index contributed by atoms with van der Waals surface area (Å²) in [4.78, 5) is 24.5. The summed E-state index contributed by atoms with van der Waals surface area (Å²) in [5, 5.41) is 23.3. The summed E-state index contributed by atoms with van der Waals surface area (Å²) in [6, 6.07) is -0.547. The molecule has 0 saturated heterocycles. The third-order valence-corrected chi connectivity index (χ3v) is 13.6. The van der Waals surface area contributed by atoms with Crippen molar-refractivity contribution in [3.8, 4) is 0 Å². The van der Waals surface area contributed by atoms with E-state index in [0.29, 0.717) is 25.9 Å². The zero-order valence-corrected chi connectivity index (χ0v) is 43.3. The molecule has 0 aromatic rings. The fraction of sp³-hybridized carbons (Fsp3) is 0.931. The lowest BCUT2D eigenvalue weighted by Gasteiger charge is -2.22. The van der Waals surface area contributed by atoms with Gasteiger partial charge in [0.15, 0.2) is 0 Å². The Morgan fingerprint density at radius 2 is 0.750 bits per heavy atom. The molecular formula is C58H113NO5. The molecule has 3 N–H and O–H groups in total. The Morgan fingerprint density at radius 1 is 0.422 bits per heavy atom. The molecule has 0 spiro atoms. The topological polar surface area (TPSA) is 95.9 Å². The molecule has 0 aliphatic carbocycles. The van der Waals surface area contributed by atoms with E-state index in [1.807, 2.05) is 0 Å². The second-order valence-corrected chi connectivity index (χ2v) is 20.0. The highest BCUT2D eigenvalue weighted by Crippen LogP contribution is 2.18. The summed E-state index contributed by atoms with van der Waals surface area (Å²) >= 11 is 0. The van der Waals surface area contributed by atoms with Crippen LogP contribution in [0.2, 0.25) is 0 Å². The predicted octanol–water partition coefficient (Wildman–Crippen LogP) is 17.7. The first-order valence-corrected chi connectivity index (χ1v) is 28.9. The highest BCUT2D eigenvalue weighted by Gasteiger charge is 2.20. The smallest absolute Gasteiger partial charge is 0.305 e. The summed E-state index contributed by atoms with van der Waals surface area (Å²) in [7, 11) is 0. The number of amides is 1. The Labute approximate surface area is 399 Å². The molecule has 0 aliphatic rings. The van der Waals surface area contributed by atoms with Gasteiger partial charge in [-0.3, -0.25) is 9.59 Å². The molecule has 1 amide bonds. The average Bonchev–Trinajstić information content (AvgIpc) is 3.29. The van der Waals surface area contributed by atoms with Crippen molar-refractivity contribution in [2.24, 2.45) is 0 Å². The van der Waals surface area contributed by atoms with Crippen molar-refractivity contribution in [1.29, 1.82) is 0 Å². The summed E-state index contributed by atoms with van der Waals surface area (Å²) in [5.41, 5.74) is 0. The number of rotatable bonds is 54. The maximum absolute atomic E-state index is 12.5. The molecule has 0 fully saturated rings. The standard InChI is InChI=1S/C58H113NO5/c1-3-5-7-9-11-13-15-16-17-18-19-20-21-24-27-31-34-38-42-46-50-56(61)55(54-60)59-57(62)51-47-43-39-35-32-28-25-22-23-26-29-33-37-41-45-49-53-64-58(63)52-48-44-40-36-30-14-12-10-8-6-4-2/h10,12,55-56,60-61H,3-9,11,13-54H2,1-2H3,(H,59,62)/b12-10-. The van der Waals surface area contributed by atoms with Crippen molar-refractivity contribution >= 4 is 11.9 Å². The number of aliphatic hydroxyl groups excluding tert-OH is 2. The van der Waals surface area contributed by atoms with Crippen molar-refractivity contribution in [2.75, 3.05) is 13.2 Å². The van der Waals surface area contributed by atoms with Crippen molar-refractivity contribution in [3.05, 3.63) is 12.2 Å². The maximum atomic E-state index is 12.5. The zero-order chi connectivity index (χ0) is 46.5. The van der Waals surface area contributed by atoms with Gasteiger partial charge in [-0.05, 0) is 44.9 Å². The first-order chi connectivity index (χ1) is 31.5. The third kappa shape index (κ3) is 50.0. The number of nitrogens with one attached hydrogen (secondary N) is 1. The SMILES string of the molecule is CCCC/C=C\CCCCCCCC(=O)OCCCCCCCCCCCCCCCCCCC(=O)NC(CO)C(O)CCCCCCCCCCCCCCCCCCCCCC. The van der Waals surface area contributed by atoms with Crippen molar-refractivity contribution < 1.29 is 24.5 Å². The molecule has 0 radical (unpaired) electrons. The second kappa shape index (κ2) is 54.2. The molecular weight excluding hydrogens is 791 g/mol. The maximum Gasteiger partial charge on any atom is 0.305 e. The van der Waals surface area contributed by atoms with Gasteiger partial charge in [-0.15, -0.1) is 0 Å². The molecule has 0 heterocycles. The van der Waals surface area contributed by atoms with Crippen LogP contribution in [0.1, 0.15) is 322 Å². The summed E-state index contributed by atoms with van der Waals surface area (Å²) in [6.45, 7) is 4.92. The van der Waals surface area contributed by atoms with Gasteiger partial charge in [-0.2, -0.15) is 0 Å². The third-order valence-electron chi connectivity index (χ3n) is 13.6. The van der Waals surface area contributed by atoms with Crippen molar-refractivity contribution in [1.82, 2.24) is 5.32 Å². The molecule has 2 unspecified atom stereocenters. The fourth-order valence-corrected chi connectivity index (χ4v) is 9.09. The first kappa shape index (κ1) is 62.6. The monoisotopic (exact) mass is 904 g/mol. The van der Waals surface area contributed by atoms with E-state index in [1.165, 1.54) is 244 Å². The molecule has 0 rings (SSSR count). The van der Waals surface area contributed by atoms with E-state index < -0.39 is 12.1 Å². The van der Waals surface area contributed by atoms with E-state index >= 15 is 0 Å². The summed E-state index contributed by atoms with van der Waals surface area (Å²) < 4.78 is 5.45. The molecule has 6 nitrogen and oxygen atoms in total. The lowest BCUT2D eigenvalue weighted by molar-refractivity contribution is -0.143. The number of allylic oxidation sites excluding steroid dienone is 2. The van der Waals surface area contributed by atoms with Crippen LogP contribution in [0.25, 0.3) is 0 Å². The number of ether oxygens (including phenoxy) is 1. The van der Waals surface area contributed by atoms with Gasteiger partial charge in [0.25, 0.3) is 0 Å². The summed E-state index contributed by atoms with van der Waals surface area (Å²) in [5.74, 6) is -0.0460. The van der Waals surface area contributed by atoms with Crippen molar-refractivity contribution in [3.63, 3.8) is 0 Å². The van der Waals surface area contributed by atoms with E-state index in [2.05, 4.69) is 31.3 Å². The predicted molar refractivity (Wildman–Crippen MR) is 278 cm³/mol. The molecule has 380 valence electrons. The van der Waals surface area contributed by atoms with E-state index in [-0.39, 0.29) is 18.5 Å². The highest BCUT2D eigenvalue weighted by molar-refractivity contribution is 5.76. The molecule has 0 aliphatic heterocycles. The van der Waals surface area contributed by atoms with Crippen LogP contribution < -0.4 is 5.32 Å². The number of aliphatic hydroxyl groups is 2. The highest BCUT2D eigenvalue weighted by atomic mass is 16.5. The number of hydrogen-bond donors (Lipinski definition) is 3. The fourth-order valence-electron chi connectivity index (χ4n) is 9.09. The van der Waals surface area contributed by atoms with Crippen LogP contribution in [0.4, 0.5) is 0 Å². The van der Waals surface area contributed by atoms with Gasteiger partial charge < -0.3 is 20.3 Å². The van der Waals surface area contributed by atoms with E-state index in [4.69, 9.17) is 4.74 Å². The van der Waals surface area contributed by atoms with Crippen LogP contribution in [0, 0.1) is 0 Å². The summed E-state index contributed by atoms with van der Waals surface area (Å²) in [6.07, 6.45) is 63.4. The minimum atomic E-state index is -0.669. The van der Waals surface area contributed by atoms with Gasteiger partial charge >= 0.3 is 5.97 Å². The Bertz CT molecular complexity index is 955. The minimum absolute atomic E-state index is 0.00716. The molecule has 2 atom stereocenters. The van der Waals surface area contributed by atoms with Gasteiger partial charge in [0, 0.05) is 12.8 Å². The van der Waals surface area contributed by atoms with Crippen LogP contribution in [0.15, 0.2) is 12.2 Å². The van der Waals surface area contributed by atoms with Crippen LogP contribution in [0.3, 0.4) is 0 Å².